The number of rotatable bonds is 6. The second-order valence-corrected chi connectivity index (χ2v) is 33.7. The Balaban J connectivity index is 0.0000000991. The number of fused-ring (bicyclic) bond motifs is 33. The summed E-state index contributed by atoms with van der Waals surface area (Å²) in [6.45, 7) is 15.2. The molecule has 0 fully saturated rings. The minimum Gasteiger partial charge on any atom is -0.308 e. The summed E-state index contributed by atoms with van der Waals surface area (Å²) in [6.07, 6.45) is 3.53. The van der Waals surface area contributed by atoms with E-state index in [1.54, 1.807) is 12.4 Å². The zero-order valence-corrected chi connectivity index (χ0v) is 69.8. The van der Waals surface area contributed by atoms with Crippen LogP contribution in [0.25, 0.3) is 274 Å². The van der Waals surface area contributed by atoms with E-state index in [0.29, 0.717) is 51.6 Å². The number of benzene rings is 16. The van der Waals surface area contributed by atoms with Gasteiger partial charge in [0.15, 0.2) is 17.0 Å². The van der Waals surface area contributed by atoms with Crippen LogP contribution in [0, 0.1) is 24.5 Å². The molecule has 0 saturated heterocycles. The number of nitrogens with zero attached hydrogens (tertiary/aromatic N) is 17. The molecule has 14 heterocycles. The molecule has 0 radical (unpaired) electrons. The molecule has 0 aliphatic heterocycles. The van der Waals surface area contributed by atoms with E-state index in [0.717, 1.165) is 110 Å². The van der Waals surface area contributed by atoms with Gasteiger partial charge >= 0.3 is 0 Å². The Bertz CT molecular complexity index is 9480. The third kappa shape index (κ3) is 10.1. The van der Waals surface area contributed by atoms with Crippen molar-refractivity contribution in [1.82, 2.24) is 66.8 Å². The molecular weight excluding hydrogens is 1620 g/mol. The van der Waals surface area contributed by atoms with Crippen LogP contribution in [0.5, 0.6) is 0 Å². The van der Waals surface area contributed by atoms with Gasteiger partial charge in [0.1, 0.15) is 11.2 Å². The van der Waals surface area contributed by atoms with Crippen LogP contribution in [0.1, 0.15) is 5.56 Å². The Kier molecular flexibility index (Phi) is 15.1. The third-order valence-electron chi connectivity index (χ3n) is 26.9. The fourth-order valence-corrected chi connectivity index (χ4v) is 21.6. The minimum absolute atomic E-state index is 0.549. The van der Waals surface area contributed by atoms with Crippen molar-refractivity contribution >= 4 is 224 Å². The first-order valence-corrected chi connectivity index (χ1v) is 43.7. The van der Waals surface area contributed by atoms with Gasteiger partial charge in [0.2, 0.25) is 17.8 Å². The molecule has 132 heavy (non-hydrogen) atoms. The fourth-order valence-electron chi connectivity index (χ4n) is 21.6. The summed E-state index contributed by atoms with van der Waals surface area (Å²) in [4.78, 5) is 47.9. The molecule has 0 atom stereocenters. The van der Waals surface area contributed by atoms with E-state index in [4.69, 9.17) is 43.0 Å². The van der Waals surface area contributed by atoms with Crippen molar-refractivity contribution in [2.75, 3.05) is 0 Å². The standard InChI is InChI=1S/C39H21N5.2C38H20N6/c40-22-23-10-9-11-24(20-23)36-27-14-1-5-16-31(27)41-39(42-36)44-33-18-7-3-13-26(33)30-21-29-25-12-2-6-17-32(25)43-34-19-8-4-15-28(34)35(37(29)43)38(30)44;1-39-23-11-8-10-22(20-23)34-35-29(15-9-19-40-35)41-38(42-34)44-31-17-6-3-13-25(31)28-21-27-24-12-2-5-16-30(24)43-32-18-7-4-14-26(32)33(36(27)43)37(28)44;1-39-23-11-8-10-22(20-23)34-27-15-9-19-40-37(27)42-38(41-34)44-31-17-6-3-13-25(31)29-21-28-24-12-2-5-16-30(24)43-32-18-7-4-14-26(32)33(35(28)43)36(29)44/h1-21H;2*2-21H. The van der Waals surface area contributed by atoms with Gasteiger partial charge in [-0.05, 0) is 139 Å². The molecule has 0 saturated carbocycles. The molecule has 17 nitrogen and oxygen atoms in total. The Morgan fingerprint density at radius 1 is 0.242 bits per heavy atom. The summed E-state index contributed by atoms with van der Waals surface area (Å²) >= 11 is 0. The number of hydrogen-bond donors (Lipinski definition) is 0. The number of pyridine rings is 2. The van der Waals surface area contributed by atoms with Gasteiger partial charge in [0, 0.05) is 126 Å². The lowest BCUT2D eigenvalue weighted by Crippen LogP contribution is -2.04. The Morgan fingerprint density at radius 2 is 0.561 bits per heavy atom. The number of hydrogen-bond acceptors (Lipinski definition) is 9. The van der Waals surface area contributed by atoms with Gasteiger partial charge in [0.25, 0.3) is 0 Å². The first-order valence-electron chi connectivity index (χ1n) is 43.7. The number of para-hydroxylation sites is 10. The summed E-state index contributed by atoms with van der Waals surface area (Å²) in [5, 5.41) is 33.0. The Hall–Kier alpha value is -18.9. The highest BCUT2D eigenvalue weighted by Crippen LogP contribution is 2.52. The molecule has 0 unspecified atom stereocenters. The predicted octanol–water partition coefficient (Wildman–Crippen LogP) is 28.4. The van der Waals surface area contributed by atoms with Crippen LogP contribution in [-0.2, 0) is 0 Å². The fraction of sp³-hybridized carbons (Fsp3) is 0. The van der Waals surface area contributed by atoms with Gasteiger partial charge in [-0.1, -0.05) is 231 Å². The lowest BCUT2D eigenvalue weighted by atomic mass is 10.0. The highest BCUT2D eigenvalue weighted by molar-refractivity contribution is 6.38. The lowest BCUT2D eigenvalue weighted by Gasteiger charge is -2.12. The molecule has 0 aliphatic rings. The molecular formula is C115H61N17. The number of nitriles is 1. The largest absolute Gasteiger partial charge is 0.308 e. The minimum atomic E-state index is 0.549. The van der Waals surface area contributed by atoms with Gasteiger partial charge < -0.3 is 13.2 Å². The maximum Gasteiger partial charge on any atom is 0.237 e. The van der Waals surface area contributed by atoms with E-state index in [2.05, 4.69) is 295 Å². The molecule has 0 bridgehead atoms. The molecule has 30 rings (SSSR count). The van der Waals surface area contributed by atoms with E-state index in [1.807, 2.05) is 115 Å². The molecule has 0 spiro atoms. The first-order chi connectivity index (χ1) is 65.4. The molecule has 606 valence electrons. The summed E-state index contributed by atoms with van der Waals surface area (Å²) in [6, 6.07) is 126. The van der Waals surface area contributed by atoms with Gasteiger partial charge in [0.05, 0.1) is 130 Å². The van der Waals surface area contributed by atoms with E-state index in [1.165, 1.54) is 120 Å². The van der Waals surface area contributed by atoms with Crippen LogP contribution in [0.15, 0.2) is 370 Å². The van der Waals surface area contributed by atoms with Crippen molar-refractivity contribution < 1.29 is 0 Å². The van der Waals surface area contributed by atoms with Crippen molar-refractivity contribution in [2.45, 2.75) is 0 Å². The average Bonchev–Trinajstić information content (AvgIpc) is 1.52. The topological polar surface area (TPSA) is 164 Å². The van der Waals surface area contributed by atoms with Gasteiger partial charge in [-0.2, -0.15) is 10.2 Å². The van der Waals surface area contributed by atoms with E-state index in [-0.39, 0.29) is 0 Å². The van der Waals surface area contributed by atoms with E-state index < -0.39 is 0 Å². The number of aromatic nitrogens is 14. The maximum absolute atomic E-state index is 9.66. The SMILES string of the molecule is N#Cc1cccc(-c2nc(-n3c4ccccc4c4cc5c6ccccc6n6c7ccccc7c(c43)c56)nc3ccccc23)c1.[C-]#[N+]c1cccc(-c2nc(-n3c4ccccc4c4cc5c6ccccc6n6c7ccccc7c(c43)c56)nc3cccnc23)c1.[C-]#[N+]c1cccc(-c2nc(-n3c4ccccc4c4cc5c6ccccc6n6c7ccccc7c(c43)c56)nc3ncccc23)c1. The van der Waals surface area contributed by atoms with Crippen molar-refractivity contribution in [3.8, 4) is 57.7 Å². The summed E-state index contributed by atoms with van der Waals surface area (Å²) < 4.78 is 13.9. The van der Waals surface area contributed by atoms with Crippen LogP contribution in [0.4, 0.5) is 11.4 Å². The van der Waals surface area contributed by atoms with Gasteiger partial charge in [-0.25, -0.2) is 39.6 Å². The Labute approximate surface area is 747 Å². The summed E-state index contributed by atoms with van der Waals surface area (Å²) in [7, 11) is 0. The lowest BCUT2D eigenvalue weighted by molar-refractivity contribution is 1.01. The molecule has 17 heteroatoms. The van der Waals surface area contributed by atoms with E-state index in [9.17, 15) is 5.26 Å². The van der Waals surface area contributed by atoms with E-state index >= 15 is 0 Å². The predicted molar refractivity (Wildman–Crippen MR) is 535 cm³/mol. The second-order valence-electron chi connectivity index (χ2n) is 33.7. The normalized spacial score (nSPS) is 12.1. The van der Waals surface area contributed by atoms with Crippen LogP contribution in [0.2, 0.25) is 0 Å². The van der Waals surface area contributed by atoms with Crippen molar-refractivity contribution in [1.29, 1.82) is 5.26 Å². The van der Waals surface area contributed by atoms with Crippen LogP contribution >= 0.6 is 0 Å². The second kappa shape index (κ2) is 27.6. The monoisotopic (exact) mass is 1680 g/mol. The third-order valence-corrected chi connectivity index (χ3v) is 26.9. The summed E-state index contributed by atoms with van der Waals surface area (Å²) in [5.74, 6) is 1.73. The highest BCUT2D eigenvalue weighted by Gasteiger charge is 2.31. The maximum atomic E-state index is 9.66. The van der Waals surface area contributed by atoms with Crippen LogP contribution < -0.4 is 0 Å². The molecule has 30 aromatic rings. The van der Waals surface area contributed by atoms with Crippen molar-refractivity contribution in [3.05, 3.63) is 399 Å². The zero-order valence-electron chi connectivity index (χ0n) is 69.8. The van der Waals surface area contributed by atoms with Crippen LogP contribution in [-0.4, -0.2) is 66.8 Å². The molecule has 0 amide bonds. The quantitative estimate of drug-likeness (QED) is 0.147. The van der Waals surface area contributed by atoms with Gasteiger partial charge in [-0.15, -0.1) is 0 Å². The zero-order chi connectivity index (χ0) is 86.8. The van der Waals surface area contributed by atoms with Crippen molar-refractivity contribution in [2.24, 2.45) is 0 Å². The molecule has 16 aromatic carbocycles. The first kappa shape index (κ1) is 72.4. The highest BCUT2D eigenvalue weighted by atomic mass is 15.2. The average molecular weight is 1680 g/mol. The smallest absolute Gasteiger partial charge is 0.237 e. The molecule has 14 aromatic heterocycles. The molecule has 0 N–H and O–H groups in total. The Morgan fingerprint density at radius 3 is 1.01 bits per heavy atom. The summed E-state index contributed by atoms with van der Waals surface area (Å²) in [5.41, 5.74) is 26.6. The van der Waals surface area contributed by atoms with Crippen molar-refractivity contribution in [3.63, 3.8) is 0 Å². The molecule has 0 aliphatic carbocycles. The van der Waals surface area contributed by atoms with Crippen LogP contribution in [0.3, 0.4) is 0 Å². The van der Waals surface area contributed by atoms with Gasteiger partial charge in [-0.3, -0.25) is 18.7 Å².